The molecular weight excluding hydrogens is 236 g/mol. The summed E-state index contributed by atoms with van der Waals surface area (Å²) in [5, 5.41) is 0. The Balaban J connectivity index is 1.87. The van der Waals surface area contributed by atoms with Gasteiger partial charge in [0.05, 0.1) is 0 Å². The van der Waals surface area contributed by atoms with E-state index in [0.29, 0.717) is 22.7 Å². The third kappa shape index (κ3) is 2.04. The van der Waals surface area contributed by atoms with Crippen molar-refractivity contribution in [3.63, 3.8) is 0 Å². The summed E-state index contributed by atoms with van der Waals surface area (Å²) in [6, 6.07) is 0. The van der Waals surface area contributed by atoms with Crippen LogP contribution < -0.4 is 0 Å². The van der Waals surface area contributed by atoms with Crippen LogP contribution in [-0.4, -0.2) is 12.1 Å². The zero-order valence-corrected chi connectivity index (χ0v) is 12.7. The van der Waals surface area contributed by atoms with Crippen LogP contribution in [0.2, 0.25) is 0 Å². The second kappa shape index (κ2) is 3.86. The molecule has 19 heavy (non-hydrogen) atoms. The summed E-state index contributed by atoms with van der Waals surface area (Å²) in [7, 11) is 0. The average Bonchev–Trinajstić information content (AvgIpc) is 2.81. The van der Waals surface area contributed by atoms with E-state index in [1.54, 1.807) is 0 Å². The van der Waals surface area contributed by atoms with Crippen LogP contribution in [0.15, 0.2) is 12.2 Å². The van der Waals surface area contributed by atoms with Crippen LogP contribution in [0.1, 0.15) is 53.4 Å². The van der Waals surface area contributed by atoms with Gasteiger partial charge in [-0.1, -0.05) is 27.4 Å². The number of hydrogen-bond acceptors (Lipinski definition) is 2. The largest absolute Gasteiger partial charge is 0.458 e. The van der Waals surface area contributed by atoms with Gasteiger partial charge in [0.2, 0.25) is 0 Å². The van der Waals surface area contributed by atoms with E-state index < -0.39 is 0 Å². The van der Waals surface area contributed by atoms with E-state index in [-0.39, 0.29) is 12.1 Å². The topological polar surface area (TPSA) is 26.3 Å². The molecule has 3 rings (SSSR count). The Hall–Kier alpha value is -0.790. The number of hydrogen-bond donors (Lipinski definition) is 0. The number of rotatable bonds is 1. The van der Waals surface area contributed by atoms with Crippen molar-refractivity contribution < 1.29 is 9.53 Å². The molecule has 0 aromatic rings. The molecule has 0 aromatic carbocycles. The molecule has 0 aliphatic heterocycles. The second-order valence-electron chi connectivity index (χ2n) is 8.10. The quantitative estimate of drug-likeness (QED) is 0.528. The van der Waals surface area contributed by atoms with Crippen LogP contribution in [0, 0.1) is 28.6 Å². The molecule has 0 radical (unpaired) electrons. The van der Waals surface area contributed by atoms with Crippen LogP contribution in [0.3, 0.4) is 0 Å². The Morgan fingerprint density at radius 3 is 2.58 bits per heavy atom. The molecule has 3 aliphatic rings. The fourth-order valence-electron chi connectivity index (χ4n) is 4.95. The Kier molecular flexibility index (Phi) is 2.69. The molecule has 0 unspecified atom stereocenters. The maximum absolute atomic E-state index is 11.3. The predicted octanol–water partition coefficient (Wildman–Crippen LogP) is 3.96. The molecule has 3 saturated carbocycles. The van der Waals surface area contributed by atoms with Crippen LogP contribution in [0.25, 0.3) is 0 Å². The Morgan fingerprint density at radius 2 is 1.95 bits per heavy atom. The standard InChI is InChI=1S/C17H26O2/c1-10-13-9-16(3,4)7-12-8-17(12,5)14(13)6-15(10)19-11(2)18/h12-15H,1,6-9H2,2-5H3/t12-,13+,14+,15-,17+/m0/s1. The van der Waals surface area contributed by atoms with Crippen LogP contribution >= 0.6 is 0 Å². The lowest BCUT2D eigenvalue weighted by Gasteiger charge is -2.29. The lowest BCUT2D eigenvalue weighted by molar-refractivity contribution is -0.144. The van der Waals surface area contributed by atoms with Gasteiger partial charge in [-0.2, -0.15) is 0 Å². The number of ether oxygens (including phenoxy) is 1. The Morgan fingerprint density at radius 1 is 1.26 bits per heavy atom. The molecule has 0 amide bonds. The molecule has 2 heteroatoms. The molecule has 5 atom stereocenters. The van der Waals surface area contributed by atoms with Crippen molar-refractivity contribution in [3.8, 4) is 0 Å². The van der Waals surface area contributed by atoms with Crippen LogP contribution in [0.4, 0.5) is 0 Å². The van der Waals surface area contributed by atoms with Gasteiger partial charge >= 0.3 is 5.97 Å². The molecule has 0 N–H and O–H groups in total. The SMILES string of the molecule is C=C1[C@@H](OC(C)=O)C[C@@H]2[C@@H]1CC(C)(C)C[C@H]1C[C@]12C. The first kappa shape index (κ1) is 13.2. The number of carbonyl (C=O) groups is 1. The third-order valence-electron chi connectivity index (χ3n) is 6.03. The minimum Gasteiger partial charge on any atom is -0.458 e. The van der Waals surface area contributed by atoms with Gasteiger partial charge in [0, 0.05) is 6.92 Å². The van der Waals surface area contributed by atoms with Crippen LogP contribution in [-0.2, 0) is 9.53 Å². The normalized spacial score (nSPS) is 47.1. The number of carbonyl (C=O) groups excluding carboxylic acids is 1. The lowest BCUT2D eigenvalue weighted by Crippen LogP contribution is -2.21. The van der Waals surface area contributed by atoms with Crippen molar-refractivity contribution >= 4 is 5.97 Å². The summed E-state index contributed by atoms with van der Waals surface area (Å²) in [6.45, 7) is 13.0. The highest BCUT2D eigenvalue weighted by Crippen LogP contribution is 2.70. The van der Waals surface area contributed by atoms with E-state index in [1.165, 1.54) is 31.8 Å². The maximum Gasteiger partial charge on any atom is 0.303 e. The van der Waals surface area contributed by atoms with Crippen molar-refractivity contribution in [2.24, 2.45) is 28.6 Å². The fraction of sp³-hybridized carbons (Fsp3) is 0.824. The van der Waals surface area contributed by atoms with Crippen molar-refractivity contribution in [2.45, 2.75) is 59.5 Å². The molecule has 0 spiro atoms. The van der Waals surface area contributed by atoms with Gasteiger partial charge in [-0.05, 0) is 59.8 Å². The van der Waals surface area contributed by atoms with Gasteiger partial charge in [0.1, 0.15) is 6.10 Å². The molecule has 0 heterocycles. The van der Waals surface area contributed by atoms with E-state index in [2.05, 4.69) is 27.4 Å². The molecule has 3 aliphatic carbocycles. The highest BCUT2D eigenvalue weighted by molar-refractivity contribution is 5.66. The molecular formula is C17H26O2. The zero-order chi connectivity index (χ0) is 14.0. The van der Waals surface area contributed by atoms with E-state index in [9.17, 15) is 4.79 Å². The van der Waals surface area contributed by atoms with Crippen molar-refractivity contribution in [1.82, 2.24) is 0 Å². The van der Waals surface area contributed by atoms with E-state index in [0.717, 1.165) is 12.3 Å². The van der Waals surface area contributed by atoms with E-state index in [1.807, 2.05) is 0 Å². The van der Waals surface area contributed by atoms with Gasteiger partial charge in [0.15, 0.2) is 0 Å². The highest BCUT2D eigenvalue weighted by Gasteiger charge is 2.63. The maximum atomic E-state index is 11.3. The first-order chi connectivity index (χ1) is 8.73. The lowest BCUT2D eigenvalue weighted by atomic mass is 9.75. The minimum absolute atomic E-state index is 0.0283. The molecule has 0 aromatic heterocycles. The monoisotopic (exact) mass is 262 g/mol. The summed E-state index contributed by atoms with van der Waals surface area (Å²) in [4.78, 5) is 11.3. The van der Waals surface area contributed by atoms with Gasteiger partial charge in [0.25, 0.3) is 0 Å². The smallest absolute Gasteiger partial charge is 0.303 e. The predicted molar refractivity (Wildman–Crippen MR) is 75.5 cm³/mol. The molecule has 2 nitrogen and oxygen atoms in total. The van der Waals surface area contributed by atoms with Crippen molar-refractivity contribution in [3.05, 3.63) is 12.2 Å². The highest BCUT2D eigenvalue weighted by atomic mass is 16.5. The third-order valence-corrected chi connectivity index (χ3v) is 6.03. The van der Waals surface area contributed by atoms with Crippen molar-refractivity contribution in [2.75, 3.05) is 0 Å². The average molecular weight is 262 g/mol. The van der Waals surface area contributed by atoms with E-state index >= 15 is 0 Å². The summed E-state index contributed by atoms with van der Waals surface area (Å²) >= 11 is 0. The zero-order valence-electron chi connectivity index (χ0n) is 12.7. The number of fused-ring (bicyclic) bond motifs is 3. The van der Waals surface area contributed by atoms with E-state index in [4.69, 9.17) is 4.74 Å². The van der Waals surface area contributed by atoms with Gasteiger partial charge in [-0.3, -0.25) is 4.79 Å². The summed E-state index contributed by atoms with van der Waals surface area (Å²) in [5.74, 6) is 1.94. The summed E-state index contributed by atoms with van der Waals surface area (Å²) < 4.78 is 5.50. The summed E-state index contributed by atoms with van der Waals surface area (Å²) in [6.07, 6.45) is 4.89. The molecule has 0 bridgehead atoms. The van der Waals surface area contributed by atoms with Gasteiger partial charge in [-0.25, -0.2) is 0 Å². The van der Waals surface area contributed by atoms with Crippen molar-refractivity contribution in [1.29, 1.82) is 0 Å². The second-order valence-corrected chi connectivity index (χ2v) is 8.10. The molecule has 0 saturated heterocycles. The Bertz CT molecular complexity index is 437. The molecule has 3 fully saturated rings. The Labute approximate surface area is 116 Å². The summed E-state index contributed by atoms with van der Waals surface area (Å²) in [5.41, 5.74) is 2.06. The fourth-order valence-corrected chi connectivity index (χ4v) is 4.95. The van der Waals surface area contributed by atoms with Crippen LogP contribution in [0.5, 0.6) is 0 Å². The first-order valence-electron chi connectivity index (χ1n) is 7.59. The number of esters is 1. The minimum atomic E-state index is -0.167. The van der Waals surface area contributed by atoms with Gasteiger partial charge in [-0.15, -0.1) is 0 Å². The van der Waals surface area contributed by atoms with Gasteiger partial charge < -0.3 is 4.74 Å². The first-order valence-corrected chi connectivity index (χ1v) is 7.59. The molecule has 106 valence electrons.